The lowest BCUT2D eigenvalue weighted by molar-refractivity contribution is -0.0156. The van der Waals surface area contributed by atoms with Crippen molar-refractivity contribution in [2.75, 3.05) is 19.7 Å². The molecule has 3 rings (SSSR count). The van der Waals surface area contributed by atoms with Crippen LogP contribution in [0.4, 0.5) is 9.18 Å². The van der Waals surface area contributed by atoms with Gasteiger partial charge in [0.25, 0.3) is 0 Å². The third-order valence-corrected chi connectivity index (χ3v) is 5.00. The minimum absolute atomic E-state index is 0.169. The van der Waals surface area contributed by atoms with E-state index in [2.05, 4.69) is 10.3 Å². The molecule has 1 N–H and O–H groups in total. The number of rotatable bonds is 3. The molecule has 0 unspecified atom stereocenters. The molecule has 1 fully saturated rings. The zero-order valence-corrected chi connectivity index (χ0v) is 14.5. The zero-order valence-electron chi connectivity index (χ0n) is 13.7. The van der Waals surface area contributed by atoms with E-state index < -0.39 is 0 Å². The second-order valence-corrected chi connectivity index (χ2v) is 6.76. The lowest BCUT2D eigenvalue weighted by atomic mass is 10.1. The van der Waals surface area contributed by atoms with Gasteiger partial charge in [0, 0.05) is 24.2 Å². The molecular formula is C17H20FN3O2S. The van der Waals surface area contributed by atoms with Crippen LogP contribution in [0.3, 0.4) is 0 Å². The molecule has 5 nitrogen and oxygen atoms in total. The van der Waals surface area contributed by atoms with Crippen LogP contribution in [0.25, 0.3) is 0 Å². The molecule has 0 radical (unpaired) electrons. The molecule has 128 valence electrons. The Labute approximate surface area is 144 Å². The average Bonchev–Trinajstić information content (AvgIpc) is 3.02. The van der Waals surface area contributed by atoms with Gasteiger partial charge in [-0.1, -0.05) is 12.1 Å². The van der Waals surface area contributed by atoms with E-state index in [-0.39, 0.29) is 18.0 Å². The Kier molecular flexibility index (Phi) is 5.11. The largest absolute Gasteiger partial charge is 0.367 e. The van der Waals surface area contributed by atoms with E-state index in [1.54, 1.807) is 29.2 Å². The Morgan fingerprint density at radius 2 is 2.33 bits per heavy atom. The van der Waals surface area contributed by atoms with Crippen LogP contribution in [0.2, 0.25) is 0 Å². The number of hydrogen-bond donors (Lipinski definition) is 1. The summed E-state index contributed by atoms with van der Waals surface area (Å²) in [4.78, 5) is 18.5. The van der Waals surface area contributed by atoms with Crippen molar-refractivity contribution in [3.63, 3.8) is 0 Å². The summed E-state index contributed by atoms with van der Waals surface area (Å²) in [7, 11) is 0. The summed E-state index contributed by atoms with van der Waals surface area (Å²) in [5, 5.41) is 5.71. The molecule has 2 aromatic rings. The van der Waals surface area contributed by atoms with E-state index in [9.17, 15) is 9.18 Å². The Morgan fingerprint density at radius 3 is 3.04 bits per heavy atom. The maximum atomic E-state index is 13.6. The molecule has 2 heterocycles. The lowest BCUT2D eigenvalue weighted by Crippen LogP contribution is -2.46. The van der Waals surface area contributed by atoms with Gasteiger partial charge in [-0.05, 0) is 31.0 Å². The SMILES string of the molecule is Cc1csc([C@@H]2CN(C(=O)NCc3ccc(C)c(F)c3)CCO2)n1. The van der Waals surface area contributed by atoms with Crippen molar-refractivity contribution in [1.82, 2.24) is 15.2 Å². The van der Waals surface area contributed by atoms with Gasteiger partial charge >= 0.3 is 6.03 Å². The number of morpholine rings is 1. The van der Waals surface area contributed by atoms with Gasteiger partial charge in [0.05, 0.1) is 13.2 Å². The van der Waals surface area contributed by atoms with Crippen LogP contribution in [0.15, 0.2) is 23.6 Å². The van der Waals surface area contributed by atoms with E-state index in [1.165, 1.54) is 6.07 Å². The molecule has 0 bridgehead atoms. The number of hydrogen-bond acceptors (Lipinski definition) is 4. The quantitative estimate of drug-likeness (QED) is 0.926. The first-order valence-electron chi connectivity index (χ1n) is 7.84. The van der Waals surface area contributed by atoms with E-state index in [1.807, 2.05) is 18.4 Å². The first-order valence-corrected chi connectivity index (χ1v) is 8.72. The molecule has 0 spiro atoms. The number of amides is 2. The second-order valence-electron chi connectivity index (χ2n) is 5.87. The number of urea groups is 1. The summed E-state index contributed by atoms with van der Waals surface area (Å²) < 4.78 is 19.3. The van der Waals surface area contributed by atoms with E-state index in [0.29, 0.717) is 31.8 Å². The first kappa shape index (κ1) is 16.9. The van der Waals surface area contributed by atoms with Crippen LogP contribution >= 0.6 is 11.3 Å². The van der Waals surface area contributed by atoms with Gasteiger partial charge in [-0.15, -0.1) is 11.3 Å². The highest BCUT2D eigenvalue weighted by molar-refractivity contribution is 7.09. The summed E-state index contributed by atoms with van der Waals surface area (Å²) in [5.74, 6) is -0.257. The molecule has 0 saturated carbocycles. The highest BCUT2D eigenvalue weighted by Crippen LogP contribution is 2.25. The number of carbonyl (C=O) groups is 1. The number of aryl methyl sites for hydroxylation is 2. The van der Waals surface area contributed by atoms with Crippen molar-refractivity contribution in [3.8, 4) is 0 Å². The molecule has 1 aromatic heterocycles. The predicted molar refractivity (Wildman–Crippen MR) is 90.5 cm³/mol. The van der Waals surface area contributed by atoms with Gasteiger partial charge in [0.15, 0.2) is 0 Å². The van der Waals surface area contributed by atoms with Gasteiger partial charge in [-0.25, -0.2) is 14.2 Å². The number of nitrogens with one attached hydrogen (secondary N) is 1. The van der Waals surface area contributed by atoms with Crippen molar-refractivity contribution >= 4 is 17.4 Å². The molecule has 0 aliphatic carbocycles. The number of benzene rings is 1. The highest BCUT2D eigenvalue weighted by atomic mass is 32.1. The summed E-state index contributed by atoms with van der Waals surface area (Å²) >= 11 is 1.55. The molecule has 1 aliphatic rings. The number of thiazole rings is 1. The van der Waals surface area contributed by atoms with Crippen LogP contribution in [-0.2, 0) is 11.3 Å². The fourth-order valence-corrected chi connectivity index (χ4v) is 3.37. The second kappa shape index (κ2) is 7.27. The molecule has 24 heavy (non-hydrogen) atoms. The molecule has 1 atom stereocenters. The van der Waals surface area contributed by atoms with Crippen LogP contribution in [0.5, 0.6) is 0 Å². The number of nitrogens with zero attached hydrogens (tertiary/aromatic N) is 2. The normalized spacial score (nSPS) is 17.8. The van der Waals surface area contributed by atoms with Gasteiger partial charge in [0.1, 0.15) is 16.9 Å². The van der Waals surface area contributed by atoms with Crippen LogP contribution in [-0.4, -0.2) is 35.6 Å². The van der Waals surface area contributed by atoms with E-state index in [0.717, 1.165) is 16.3 Å². The topological polar surface area (TPSA) is 54.5 Å². The van der Waals surface area contributed by atoms with E-state index >= 15 is 0 Å². The van der Waals surface area contributed by atoms with Crippen molar-refractivity contribution in [3.05, 3.63) is 51.2 Å². The fraction of sp³-hybridized carbons (Fsp3) is 0.412. The van der Waals surface area contributed by atoms with Gasteiger partial charge in [-0.3, -0.25) is 0 Å². The predicted octanol–water partition coefficient (Wildman–Crippen LogP) is 3.18. The summed E-state index contributed by atoms with van der Waals surface area (Å²) in [6, 6.07) is 4.82. The molecule has 1 aromatic carbocycles. The van der Waals surface area contributed by atoms with Crippen molar-refractivity contribution in [1.29, 1.82) is 0 Å². The molecule has 1 aliphatic heterocycles. The van der Waals surface area contributed by atoms with Crippen LogP contribution in [0, 0.1) is 19.7 Å². The Bertz CT molecular complexity index is 734. The maximum Gasteiger partial charge on any atom is 0.317 e. The standard InChI is InChI=1S/C17H20FN3O2S/c1-11-3-4-13(7-14(11)18)8-19-17(22)21-5-6-23-15(9-21)16-20-12(2)10-24-16/h3-4,7,10,15H,5-6,8-9H2,1-2H3,(H,19,22)/t15-/m0/s1. The zero-order chi connectivity index (χ0) is 17.1. The molecule has 2 amide bonds. The third-order valence-electron chi connectivity index (χ3n) is 3.95. The lowest BCUT2D eigenvalue weighted by Gasteiger charge is -2.32. The molecular weight excluding hydrogens is 329 g/mol. The summed E-state index contributed by atoms with van der Waals surface area (Å²) in [6.07, 6.45) is -0.181. The minimum atomic E-state index is -0.257. The first-order chi connectivity index (χ1) is 11.5. The number of carbonyl (C=O) groups excluding carboxylic acids is 1. The fourth-order valence-electron chi connectivity index (χ4n) is 2.54. The van der Waals surface area contributed by atoms with E-state index in [4.69, 9.17) is 4.74 Å². The third kappa shape index (κ3) is 3.91. The number of ether oxygens (including phenoxy) is 1. The monoisotopic (exact) mass is 349 g/mol. The van der Waals surface area contributed by atoms with Crippen molar-refractivity contribution < 1.29 is 13.9 Å². The molecule has 7 heteroatoms. The Hall–Kier alpha value is -1.99. The summed E-state index contributed by atoms with van der Waals surface area (Å²) in [6.45, 7) is 5.44. The highest BCUT2D eigenvalue weighted by Gasteiger charge is 2.27. The van der Waals surface area contributed by atoms with Crippen molar-refractivity contribution in [2.24, 2.45) is 0 Å². The minimum Gasteiger partial charge on any atom is -0.367 e. The van der Waals surface area contributed by atoms with Crippen molar-refractivity contribution in [2.45, 2.75) is 26.5 Å². The maximum absolute atomic E-state index is 13.6. The number of halogens is 1. The van der Waals surface area contributed by atoms with Gasteiger partial charge < -0.3 is 15.0 Å². The average molecular weight is 349 g/mol. The van der Waals surface area contributed by atoms with Gasteiger partial charge in [0.2, 0.25) is 0 Å². The molecule has 1 saturated heterocycles. The Morgan fingerprint density at radius 1 is 1.50 bits per heavy atom. The van der Waals surface area contributed by atoms with Crippen LogP contribution in [0.1, 0.15) is 27.9 Å². The Balaban J connectivity index is 1.57. The smallest absolute Gasteiger partial charge is 0.317 e. The van der Waals surface area contributed by atoms with Gasteiger partial charge in [-0.2, -0.15) is 0 Å². The number of aromatic nitrogens is 1. The van der Waals surface area contributed by atoms with Crippen LogP contribution < -0.4 is 5.32 Å². The summed E-state index contributed by atoms with van der Waals surface area (Å²) in [5.41, 5.74) is 2.30.